The minimum atomic E-state index is -4.44. The Balaban J connectivity index is 1.74. The van der Waals surface area contributed by atoms with Gasteiger partial charge in [-0.05, 0) is 55.7 Å². The fourth-order valence-electron chi connectivity index (χ4n) is 2.24. The van der Waals surface area contributed by atoms with Gasteiger partial charge in [-0.25, -0.2) is 4.57 Å². The van der Waals surface area contributed by atoms with Gasteiger partial charge in [0.2, 0.25) is 0 Å². The Morgan fingerprint density at radius 2 is 0.793 bits per heavy atom. The molecule has 0 bridgehead atoms. The first-order valence-corrected chi connectivity index (χ1v) is 10.3. The standard InChI is InChI=1S/C21H21O7P/c1-16-10-4-7-13-19(16)23-26-29(22,27-24-20-14-8-5-11-17(20)2)28-25-21-15-9-6-12-18(21)3/h4-15H,1-3H3. The van der Waals surface area contributed by atoms with Crippen molar-refractivity contribution >= 4 is 7.82 Å². The quantitative estimate of drug-likeness (QED) is 0.239. The van der Waals surface area contributed by atoms with E-state index >= 15 is 0 Å². The molecule has 0 atom stereocenters. The average molecular weight is 416 g/mol. The Bertz CT molecular complexity index is 878. The fourth-order valence-corrected chi connectivity index (χ4v) is 2.83. The van der Waals surface area contributed by atoms with Crippen molar-refractivity contribution < 1.29 is 33.3 Å². The molecule has 0 unspecified atom stereocenters. The number of hydrogen-bond donors (Lipinski definition) is 0. The van der Waals surface area contributed by atoms with Crippen molar-refractivity contribution in [1.29, 1.82) is 0 Å². The predicted octanol–water partition coefficient (Wildman–Crippen LogP) is 6.05. The van der Waals surface area contributed by atoms with E-state index in [2.05, 4.69) is 0 Å². The third kappa shape index (κ3) is 5.82. The molecule has 0 heterocycles. The number of aryl methyl sites for hydroxylation is 3. The van der Waals surface area contributed by atoms with Gasteiger partial charge in [-0.1, -0.05) is 68.6 Å². The second-order valence-corrected chi connectivity index (χ2v) is 7.56. The third-order valence-electron chi connectivity index (χ3n) is 3.94. The van der Waals surface area contributed by atoms with Crippen LogP contribution >= 0.6 is 7.82 Å². The number of phosphoric acid groups is 1. The van der Waals surface area contributed by atoms with Gasteiger partial charge in [-0.3, -0.25) is 0 Å². The third-order valence-corrected chi connectivity index (χ3v) is 4.71. The summed E-state index contributed by atoms with van der Waals surface area (Å²) >= 11 is 0. The van der Waals surface area contributed by atoms with Gasteiger partial charge >= 0.3 is 7.82 Å². The maximum Gasteiger partial charge on any atom is 0.583 e. The van der Waals surface area contributed by atoms with Crippen LogP contribution in [-0.2, 0) is 18.6 Å². The molecule has 0 amide bonds. The Morgan fingerprint density at radius 3 is 1.07 bits per heavy atom. The van der Waals surface area contributed by atoms with Gasteiger partial charge in [0, 0.05) is 0 Å². The van der Waals surface area contributed by atoms with Crippen molar-refractivity contribution in [3.63, 3.8) is 0 Å². The highest BCUT2D eigenvalue weighted by atomic mass is 31.2. The highest BCUT2D eigenvalue weighted by Gasteiger charge is 2.36. The molecular weight excluding hydrogens is 395 g/mol. The number of hydrogen-bond acceptors (Lipinski definition) is 7. The molecule has 0 aromatic heterocycles. The highest BCUT2D eigenvalue weighted by molar-refractivity contribution is 7.48. The summed E-state index contributed by atoms with van der Waals surface area (Å²) in [7, 11) is -4.44. The molecule has 0 radical (unpaired) electrons. The van der Waals surface area contributed by atoms with Crippen LogP contribution in [0.25, 0.3) is 0 Å². The molecule has 0 aliphatic heterocycles. The zero-order chi connectivity index (χ0) is 20.7. The maximum absolute atomic E-state index is 13.0. The van der Waals surface area contributed by atoms with E-state index in [1.54, 1.807) is 75.4 Å². The van der Waals surface area contributed by atoms with Gasteiger partial charge in [0.25, 0.3) is 0 Å². The van der Waals surface area contributed by atoms with Crippen LogP contribution in [0.4, 0.5) is 0 Å². The van der Waals surface area contributed by atoms with Gasteiger partial charge in [-0.2, -0.15) is 0 Å². The summed E-state index contributed by atoms with van der Waals surface area (Å²) in [5.74, 6) is 1.02. The normalized spacial score (nSPS) is 11.1. The van der Waals surface area contributed by atoms with E-state index in [0.717, 1.165) is 16.7 Å². The van der Waals surface area contributed by atoms with Crippen molar-refractivity contribution in [2.45, 2.75) is 20.8 Å². The van der Waals surface area contributed by atoms with Gasteiger partial charge < -0.3 is 14.7 Å². The number of rotatable bonds is 9. The molecule has 0 fully saturated rings. The number of benzene rings is 3. The summed E-state index contributed by atoms with van der Waals surface area (Å²) in [5.41, 5.74) is 2.29. The molecule has 3 rings (SSSR count). The van der Waals surface area contributed by atoms with Crippen LogP contribution in [0.3, 0.4) is 0 Å². The van der Waals surface area contributed by atoms with Gasteiger partial charge in [0.1, 0.15) is 0 Å². The van der Waals surface area contributed by atoms with E-state index in [9.17, 15) is 4.57 Å². The maximum atomic E-state index is 13.0. The molecular formula is C21H21O7P. The lowest BCUT2D eigenvalue weighted by Gasteiger charge is -2.16. The topological polar surface area (TPSA) is 72.5 Å². The largest absolute Gasteiger partial charge is 0.583 e. The van der Waals surface area contributed by atoms with E-state index < -0.39 is 7.82 Å². The van der Waals surface area contributed by atoms with Crippen LogP contribution in [0.2, 0.25) is 0 Å². The Hall–Kier alpha value is -2.83. The van der Waals surface area contributed by atoms with Crippen molar-refractivity contribution in [2.24, 2.45) is 0 Å². The molecule has 0 saturated heterocycles. The van der Waals surface area contributed by atoms with Gasteiger partial charge in [-0.15, -0.1) is 0 Å². The van der Waals surface area contributed by atoms with Crippen LogP contribution in [0.5, 0.6) is 17.2 Å². The average Bonchev–Trinajstić information content (AvgIpc) is 2.72. The molecule has 8 heteroatoms. The predicted molar refractivity (Wildman–Crippen MR) is 106 cm³/mol. The van der Waals surface area contributed by atoms with Crippen molar-refractivity contribution in [1.82, 2.24) is 0 Å². The molecule has 0 N–H and O–H groups in total. The van der Waals surface area contributed by atoms with E-state index in [-0.39, 0.29) is 0 Å². The van der Waals surface area contributed by atoms with Crippen molar-refractivity contribution in [3.05, 3.63) is 89.5 Å². The van der Waals surface area contributed by atoms with E-state index in [1.165, 1.54) is 0 Å². The molecule has 29 heavy (non-hydrogen) atoms. The second-order valence-electron chi connectivity index (χ2n) is 6.22. The minimum absolute atomic E-state index is 0.340. The summed E-state index contributed by atoms with van der Waals surface area (Å²) in [5, 5.41) is 0. The smallest absolute Gasteiger partial charge is 0.327 e. The molecule has 152 valence electrons. The molecule has 0 aliphatic carbocycles. The van der Waals surface area contributed by atoms with Gasteiger partial charge in [0.15, 0.2) is 17.2 Å². The lowest BCUT2D eigenvalue weighted by atomic mass is 10.2. The Kier molecular flexibility index (Phi) is 6.90. The summed E-state index contributed by atoms with van der Waals surface area (Å²) in [6.45, 7) is 5.41. The molecule has 0 saturated carbocycles. The second kappa shape index (κ2) is 9.58. The zero-order valence-electron chi connectivity index (χ0n) is 16.2. The lowest BCUT2D eigenvalue weighted by molar-refractivity contribution is -0.238. The molecule has 7 nitrogen and oxygen atoms in total. The van der Waals surface area contributed by atoms with Gasteiger partial charge in [0.05, 0.1) is 0 Å². The Morgan fingerprint density at radius 1 is 0.517 bits per heavy atom. The summed E-state index contributed by atoms with van der Waals surface area (Å²) in [4.78, 5) is 15.5. The molecule has 3 aromatic rings. The SMILES string of the molecule is Cc1ccccc1OOP(=O)(OOc1ccccc1C)OOc1ccccc1C. The Labute approximate surface area is 169 Å². The highest BCUT2D eigenvalue weighted by Crippen LogP contribution is 2.50. The molecule has 0 spiro atoms. The van der Waals surface area contributed by atoms with Crippen LogP contribution < -0.4 is 14.7 Å². The van der Waals surface area contributed by atoms with Crippen molar-refractivity contribution in [3.8, 4) is 17.2 Å². The summed E-state index contributed by atoms with van der Waals surface area (Å²) in [6, 6.07) is 21.1. The van der Waals surface area contributed by atoms with Crippen molar-refractivity contribution in [2.75, 3.05) is 0 Å². The van der Waals surface area contributed by atoms with E-state index in [1.807, 2.05) is 18.2 Å². The summed E-state index contributed by atoms with van der Waals surface area (Å²) in [6.07, 6.45) is 0. The first kappa shape index (κ1) is 20.9. The first-order chi connectivity index (χ1) is 14.0. The zero-order valence-corrected chi connectivity index (χ0v) is 17.1. The van der Waals surface area contributed by atoms with Crippen LogP contribution in [0.15, 0.2) is 72.8 Å². The van der Waals surface area contributed by atoms with E-state index in [0.29, 0.717) is 17.2 Å². The minimum Gasteiger partial charge on any atom is -0.327 e. The van der Waals surface area contributed by atoms with Crippen LogP contribution in [-0.4, -0.2) is 0 Å². The lowest BCUT2D eigenvalue weighted by Crippen LogP contribution is -2.09. The van der Waals surface area contributed by atoms with Crippen LogP contribution in [0, 0.1) is 20.8 Å². The van der Waals surface area contributed by atoms with E-state index in [4.69, 9.17) is 28.7 Å². The summed E-state index contributed by atoms with van der Waals surface area (Å²) < 4.78 is 28.0. The fraction of sp³-hybridized carbons (Fsp3) is 0.143. The monoisotopic (exact) mass is 416 g/mol. The number of para-hydroxylation sites is 3. The van der Waals surface area contributed by atoms with Crippen LogP contribution in [0.1, 0.15) is 16.7 Å². The molecule has 0 aliphatic rings. The first-order valence-electron chi connectivity index (χ1n) is 8.82. The molecule has 3 aromatic carbocycles.